The fraction of sp³-hybridized carbons (Fsp3) is 0.500. The molecule has 0 unspecified atom stereocenters. The van der Waals surface area contributed by atoms with Crippen LogP contribution in [0.15, 0.2) is 12.4 Å². The van der Waals surface area contributed by atoms with Crippen LogP contribution in [-0.4, -0.2) is 58.1 Å². The Morgan fingerprint density at radius 1 is 1.44 bits per heavy atom. The van der Waals surface area contributed by atoms with E-state index in [1.165, 1.54) is 17.1 Å². The van der Waals surface area contributed by atoms with Crippen LogP contribution in [0.4, 0.5) is 10.5 Å². The van der Waals surface area contributed by atoms with Crippen molar-refractivity contribution in [3.05, 3.63) is 12.4 Å². The van der Waals surface area contributed by atoms with Gasteiger partial charge in [-0.1, -0.05) is 0 Å². The van der Waals surface area contributed by atoms with Crippen molar-refractivity contribution in [1.82, 2.24) is 14.7 Å². The molecule has 2 rings (SSSR count). The van der Waals surface area contributed by atoms with E-state index in [1.807, 2.05) is 0 Å². The number of aromatic nitrogens is 2. The van der Waals surface area contributed by atoms with Gasteiger partial charge in [0.05, 0.1) is 25.1 Å². The van der Waals surface area contributed by atoms with Crippen LogP contribution in [0.2, 0.25) is 0 Å². The Morgan fingerprint density at radius 3 is 2.83 bits per heavy atom. The maximum atomic E-state index is 11.8. The normalized spacial score (nSPS) is 15.4. The Balaban J connectivity index is 1.90. The summed E-state index contributed by atoms with van der Waals surface area (Å²) in [5.41, 5.74) is 0.479. The number of carboxylic acids is 1. The minimum Gasteiger partial charge on any atom is -0.480 e. The number of ether oxygens (including phenoxy) is 1. The topological polar surface area (TPSA) is 96.7 Å². The van der Waals surface area contributed by atoms with E-state index in [0.717, 1.165) is 0 Å². The summed E-state index contributed by atoms with van der Waals surface area (Å²) in [6.07, 6.45) is 2.90. The lowest BCUT2D eigenvalue weighted by Gasteiger charge is -2.26. The molecule has 0 spiro atoms. The highest BCUT2D eigenvalue weighted by Crippen LogP contribution is 2.07. The van der Waals surface area contributed by atoms with Crippen molar-refractivity contribution in [3.8, 4) is 0 Å². The van der Waals surface area contributed by atoms with E-state index in [2.05, 4.69) is 10.4 Å². The summed E-state index contributed by atoms with van der Waals surface area (Å²) in [6.45, 7) is 1.94. The molecule has 0 aliphatic carbocycles. The van der Waals surface area contributed by atoms with Gasteiger partial charge in [-0.3, -0.25) is 9.48 Å². The first-order valence-corrected chi connectivity index (χ1v) is 5.53. The molecule has 1 aliphatic rings. The van der Waals surface area contributed by atoms with E-state index >= 15 is 0 Å². The van der Waals surface area contributed by atoms with E-state index in [4.69, 9.17) is 9.84 Å². The minimum atomic E-state index is -0.982. The Hall–Kier alpha value is -2.09. The average molecular weight is 254 g/mol. The molecule has 18 heavy (non-hydrogen) atoms. The number of amides is 2. The van der Waals surface area contributed by atoms with Crippen molar-refractivity contribution in [2.24, 2.45) is 0 Å². The smallest absolute Gasteiger partial charge is 0.325 e. The van der Waals surface area contributed by atoms with E-state index < -0.39 is 5.97 Å². The fourth-order valence-electron chi connectivity index (χ4n) is 1.62. The lowest BCUT2D eigenvalue weighted by Crippen LogP contribution is -2.43. The minimum absolute atomic E-state index is 0.229. The molecular formula is C10H14N4O4. The Labute approximate surface area is 103 Å². The Morgan fingerprint density at radius 2 is 2.17 bits per heavy atom. The molecule has 1 saturated heterocycles. The zero-order chi connectivity index (χ0) is 13.0. The molecule has 1 aliphatic heterocycles. The van der Waals surface area contributed by atoms with Crippen LogP contribution in [0.1, 0.15) is 0 Å². The molecule has 2 heterocycles. The number of hydrogen-bond donors (Lipinski definition) is 2. The zero-order valence-corrected chi connectivity index (χ0v) is 9.70. The van der Waals surface area contributed by atoms with E-state index in [-0.39, 0.29) is 12.6 Å². The third-order valence-corrected chi connectivity index (χ3v) is 2.48. The first-order valence-electron chi connectivity index (χ1n) is 5.53. The first kappa shape index (κ1) is 12.4. The number of urea groups is 1. The second kappa shape index (κ2) is 5.50. The molecule has 0 aromatic carbocycles. The summed E-state index contributed by atoms with van der Waals surface area (Å²) in [5, 5.41) is 15.1. The molecule has 2 amide bonds. The maximum absolute atomic E-state index is 11.8. The highest BCUT2D eigenvalue weighted by atomic mass is 16.5. The first-order chi connectivity index (χ1) is 8.65. The van der Waals surface area contributed by atoms with E-state index in [9.17, 15) is 9.59 Å². The van der Waals surface area contributed by atoms with Gasteiger partial charge >= 0.3 is 12.0 Å². The number of carbonyl (C=O) groups is 2. The third-order valence-electron chi connectivity index (χ3n) is 2.48. The number of carbonyl (C=O) groups excluding carboxylic acids is 1. The van der Waals surface area contributed by atoms with Crippen LogP contribution < -0.4 is 5.32 Å². The summed E-state index contributed by atoms with van der Waals surface area (Å²) < 4.78 is 6.39. The molecule has 1 aromatic heterocycles. The highest BCUT2D eigenvalue weighted by Gasteiger charge is 2.17. The van der Waals surface area contributed by atoms with Gasteiger partial charge in [0.1, 0.15) is 6.54 Å². The number of hydrogen-bond acceptors (Lipinski definition) is 4. The molecule has 1 fully saturated rings. The van der Waals surface area contributed by atoms with Gasteiger partial charge in [-0.2, -0.15) is 5.10 Å². The molecule has 1 aromatic rings. The lowest BCUT2D eigenvalue weighted by molar-refractivity contribution is -0.137. The molecule has 8 heteroatoms. The second-order valence-electron chi connectivity index (χ2n) is 3.85. The van der Waals surface area contributed by atoms with Crippen LogP contribution in [0.5, 0.6) is 0 Å². The quantitative estimate of drug-likeness (QED) is 0.780. The standard InChI is InChI=1S/C10H14N4O4/c15-9(16)7-14-6-8(5-11-14)12-10(17)13-1-3-18-4-2-13/h5-6H,1-4,7H2,(H,12,17)(H,15,16). The molecular weight excluding hydrogens is 240 g/mol. The SMILES string of the molecule is O=C(O)Cn1cc(NC(=O)N2CCOCC2)cn1. The lowest BCUT2D eigenvalue weighted by atomic mass is 10.4. The number of carboxylic acid groups (broad SMARTS) is 1. The largest absolute Gasteiger partial charge is 0.480 e. The average Bonchev–Trinajstić information content (AvgIpc) is 2.76. The summed E-state index contributed by atoms with van der Waals surface area (Å²) in [7, 11) is 0. The maximum Gasteiger partial charge on any atom is 0.325 e. The Bertz CT molecular complexity index is 439. The van der Waals surface area contributed by atoms with E-state index in [1.54, 1.807) is 4.90 Å². The molecule has 8 nitrogen and oxygen atoms in total. The van der Waals surface area contributed by atoms with Gasteiger partial charge < -0.3 is 20.1 Å². The summed E-state index contributed by atoms with van der Waals surface area (Å²) >= 11 is 0. The number of morpholine rings is 1. The monoisotopic (exact) mass is 254 g/mol. The fourth-order valence-corrected chi connectivity index (χ4v) is 1.62. The number of anilines is 1. The van der Waals surface area contributed by atoms with E-state index in [0.29, 0.717) is 32.0 Å². The number of aliphatic carboxylic acids is 1. The molecule has 0 bridgehead atoms. The van der Waals surface area contributed by atoms with Gasteiger partial charge in [-0.15, -0.1) is 0 Å². The predicted octanol–water partition coefficient (Wildman–Crippen LogP) is -0.168. The van der Waals surface area contributed by atoms with Gasteiger partial charge in [-0.25, -0.2) is 4.79 Å². The van der Waals surface area contributed by atoms with Crippen molar-refractivity contribution >= 4 is 17.7 Å². The van der Waals surface area contributed by atoms with Crippen molar-refractivity contribution < 1.29 is 19.4 Å². The molecule has 0 atom stereocenters. The summed E-state index contributed by atoms with van der Waals surface area (Å²) in [6, 6.07) is -0.229. The van der Waals surface area contributed by atoms with Crippen molar-refractivity contribution in [2.75, 3.05) is 31.6 Å². The summed E-state index contributed by atoms with van der Waals surface area (Å²) in [5.74, 6) is -0.982. The number of rotatable bonds is 3. The Kier molecular flexibility index (Phi) is 3.78. The second-order valence-corrected chi connectivity index (χ2v) is 3.85. The highest BCUT2D eigenvalue weighted by molar-refractivity contribution is 5.89. The van der Waals surface area contributed by atoms with Gasteiger partial charge in [-0.05, 0) is 0 Å². The molecule has 0 saturated carbocycles. The number of nitrogens with zero attached hydrogens (tertiary/aromatic N) is 3. The predicted molar refractivity (Wildman–Crippen MR) is 61.3 cm³/mol. The number of nitrogens with one attached hydrogen (secondary N) is 1. The summed E-state index contributed by atoms with van der Waals surface area (Å²) in [4.78, 5) is 23.9. The van der Waals surface area contributed by atoms with Crippen LogP contribution in [0.25, 0.3) is 0 Å². The van der Waals surface area contributed by atoms with Gasteiger partial charge in [0, 0.05) is 19.3 Å². The van der Waals surface area contributed by atoms with Gasteiger partial charge in [0.15, 0.2) is 0 Å². The molecule has 98 valence electrons. The van der Waals surface area contributed by atoms with Crippen LogP contribution >= 0.6 is 0 Å². The van der Waals surface area contributed by atoms with Crippen molar-refractivity contribution in [1.29, 1.82) is 0 Å². The van der Waals surface area contributed by atoms with Crippen molar-refractivity contribution in [2.45, 2.75) is 6.54 Å². The molecule has 2 N–H and O–H groups in total. The van der Waals surface area contributed by atoms with Gasteiger partial charge in [0.2, 0.25) is 0 Å². The third kappa shape index (κ3) is 3.20. The molecule has 0 radical (unpaired) electrons. The van der Waals surface area contributed by atoms with Gasteiger partial charge in [0.25, 0.3) is 0 Å². The zero-order valence-electron chi connectivity index (χ0n) is 9.70. The van der Waals surface area contributed by atoms with Crippen molar-refractivity contribution in [3.63, 3.8) is 0 Å². The van der Waals surface area contributed by atoms with Crippen LogP contribution in [0, 0.1) is 0 Å². The van der Waals surface area contributed by atoms with Crippen LogP contribution in [-0.2, 0) is 16.1 Å². The van der Waals surface area contributed by atoms with Crippen LogP contribution in [0.3, 0.4) is 0 Å².